The highest BCUT2D eigenvalue weighted by Crippen LogP contribution is 2.29. The van der Waals surface area contributed by atoms with E-state index in [0.29, 0.717) is 18.4 Å². The Bertz CT molecular complexity index is 623. The van der Waals surface area contributed by atoms with Crippen molar-refractivity contribution in [2.45, 2.75) is 32.0 Å². The zero-order chi connectivity index (χ0) is 17.7. The van der Waals surface area contributed by atoms with Gasteiger partial charge in [-0.2, -0.15) is 13.2 Å². The predicted octanol–water partition coefficient (Wildman–Crippen LogP) is 3.47. The second kappa shape index (κ2) is 7.51. The Morgan fingerprint density at radius 2 is 1.83 bits per heavy atom. The highest BCUT2D eigenvalue weighted by atomic mass is 19.4. The van der Waals surface area contributed by atoms with Crippen molar-refractivity contribution in [3.05, 3.63) is 47.5 Å². The van der Waals surface area contributed by atoms with Crippen molar-refractivity contribution in [1.82, 2.24) is 4.90 Å². The molecule has 1 aliphatic carbocycles. The van der Waals surface area contributed by atoms with Crippen LogP contribution in [0.1, 0.15) is 30.4 Å². The summed E-state index contributed by atoms with van der Waals surface area (Å²) >= 11 is 0. The number of nitrogens with zero attached hydrogens (tertiary/aromatic N) is 1. The van der Waals surface area contributed by atoms with Crippen molar-refractivity contribution in [1.29, 1.82) is 0 Å². The van der Waals surface area contributed by atoms with Gasteiger partial charge in [-0.15, -0.1) is 0 Å². The minimum Gasteiger partial charge on any atom is -0.480 e. The third-order valence-corrected chi connectivity index (χ3v) is 3.91. The fourth-order valence-electron chi connectivity index (χ4n) is 2.67. The molecule has 7 heteroatoms. The summed E-state index contributed by atoms with van der Waals surface area (Å²) < 4.78 is 37.7. The number of carboxylic acid groups (broad SMARTS) is 1. The van der Waals surface area contributed by atoms with Crippen LogP contribution >= 0.6 is 0 Å². The maximum atomic E-state index is 12.6. The number of alkyl halides is 3. The molecule has 1 N–H and O–H groups in total. The molecule has 0 fully saturated rings. The van der Waals surface area contributed by atoms with E-state index in [2.05, 4.69) is 0 Å². The lowest BCUT2D eigenvalue weighted by atomic mass is 9.93. The molecule has 1 aromatic carbocycles. The lowest BCUT2D eigenvalue weighted by molar-refractivity contribution is -0.147. The van der Waals surface area contributed by atoms with Gasteiger partial charge in [-0.05, 0) is 37.0 Å². The van der Waals surface area contributed by atoms with Gasteiger partial charge in [-0.25, -0.2) is 0 Å². The Balaban J connectivity index is 2.12. The smallest absolute Gasteiger partial charge is 0.416 e. The van der Waals surface area contributed by atoms with Gasteiger partial charge in [0.1, 0.15) is 6.54 Å². The highest BCUT2D eigenvalue weighted by molar-refractivity contribution is 5.83. The summed E-state index contributed by atoms with van der Waals surface area (Å²) in [6.07, 6.45) is 1.41. The van der Waals surface area contributed by atoms with E-state index in [4.69, 9.17) is 5.11 Å². The van der Waals surface area contributed by atoms with Gasteiger partial charge in [-0.1, -0.05) is 24.3 Å². The molecule has 0 saturated heterocycles. The molecule has 24 heavy (non-hydrogen) atoms. The summed E-state index contributed by atoms with van der Waals surface area (Å²) in [4.78, 5) is 24.7. The summed E-state index contributed by atoms with van der Waals surface area (Å²) in [5.41, 5.74) is -0.316. The molecule has 0 saturated carbocycles. The van der Waals surface area contributed by atoms with Crippen LogP contribution in [0.15, 0.2) is 36.4 Å². The molecule has 0 bridgehead atoms. The zero-order valence-electron chi connectivity index (χ0n) is 12.9. The molecule has 130 valence electrons. The van der Waals surface area contributed by atoms with Gasteiger partial charge in [0.2, 0.25) is 5.91 Å². The van der Waals surface area contributed by atoms with Crippen LogP contribution in [-0.4, -0.2) is 28.4 Å². The van der Waals surface area contributed by atoms with Gasteiger partial charge in [0.25, 0.3) is 0 Å². The summed E-state index contributed by atoms with van der Waals surface area (Å²) in [5.74, 6) is -1.70. The third-order valence-electron chi connectivity index (χ3n) is 3.91. The quantitative estimate of drug-likeness (QED) is 0.834. The average Bonchev–Trinajstić information content (AvgIpc) is 2.53. The Kier molecular flexibility index (Phi) is 5.64. The lowest BCUT2D eigenvalue weighted by Crippen LogP contribution is -2.39. The van der Waals surface area contributed by atoms with E-state index in [1.807, 2.05) is 12.2 Å². The first kappa shape index (κ1) is 18.0. The Morgan fingerprint density at radius 3 is 2.33 bits per heavy atom. The minimum atomic E-state index is -4.43. The number of hydrogen-bond donors (Lipinski definition) is 1. The summed E-state index contributed by atoms with van der Waals surface area (Å²) in [5, 5.41) is 9.00. The van der Waals surface area contributed by atoms with Crippen molar-refractivity contribution in [2.75, 3.05) is 6.54 Å². The molecule has 0 spiro atoms. The molecule has 0 radical (unpaired) electrons. The number of carbonyl (C=O) groups excluding carboxylic acids is 1. The van der Waals surface area contributed by atoms with Gasteiger partial charge in [0.05, 0.1) is 5.56 Å². The topological polar surface area (TPSA) is 57.6 Å². The molecule has 1 unspecified atom stereocenters. The minimum absolute atomic E-state index is 0.0243. The van der Waals surface area contributed by atoms with Crippen LogP contribution in [0.3, 0.4) is 0 Å². The average molecular weight is 341 g/mol. The molecular formula is C17H18F3NO3. The van der Waals surface area contributed by atoms with Crippen LogP contribution in [0.5, 0.6) is 0 Å². The van der Waals surface area contributed by atoms with E-state index >= 15 is 0 Å². The number of hydrogen-bond acceptors (Lipinski definition) is 2. The van der Waals surface area contributed by atoms with Crippen molar-refractivity contribution in [3.8, 4) is 0 Å². The van der Waals surface area contributed by atoms with E-state index in [1.54, 1.807) is 0 Å². The van der Waals surface area contributed by atoms with Gasteiger partial charge in [-0.3, -0.25) is 9.59 Å². The number of halogens is 3. The van der Waals surface area contributed by atoms with Crippen LogP contribution in [0.2, 0.25) is 0 Å². The molecule has 4 nitrogen and oxygen atoms in total. The predicted molar refractivity (Wildman–Crippen MR) is 81.0 cm³/mol. The molecule has 0 heterocycles. The largest absolute Gasteiger partial charge is 0.480 e. The van der Waals surface area contributed by atoms with Gasteiger partial charge in [0.15, 0.2) is 0 Å². The van der Waals surface area contributed by atoms with E-state index < -0.39 is 24.3 Å². The molecule has 1 aromatic rings. The molecule has 0 aromatic heterocycles. The van der Waals surface area contributed by atoms with Crippen molar-refractivity contribution < 1.29 is 27.9 Å². The SMILES string of the molecule is O=C(O)CN(Cc1ccc(C(F)(F)F)cc1)C(=O)C1CC=CCC1. The molecular weight excluding hydrogens is 323 g/mol. The van der Waals surface area contributed by atoms with E-state index in [0.717, 1.165) is 18.6 Å². The molecule has 1 aliphatic rings. The van der Waals surface area contributed by atoms with Gasteiger partial charge < -0.3 is 10.0 Å². The number of carboxylic acids is 1. The van der Waals surface area contributed by atoms with Crippen molar-refractivity contribution in [2.24, 2.45) is 5.92 Å². The Labute approximate surface area is 137 Å². The normalized spacial score (nSPS) is 17.5. The number of benzene rings is 1. The maximum Gasteiger partial charge on any atom is 0.416 e. The van der Waals surface area contributed by atoms with E-state index in [-0.39, 0.29) is 18.4 Å². The first-order valence-electron chi connectivity index (χ1n) is 7.59. The fourth-order valence-corrected chi connectivity index (χ4v) is 2.67. The number of carbonyl (C=O) groups is 2. The van der Waals surface area contributed by atoms with E-state index in [9.17, 15) is 22.8 Å². The maximum absolute atomic E-state index is 12.6. The second-order valence-electron chi connectivity index (χ2n) is 5.76. The van der Waals surface area contributed by atoms with Crippen LogP contribution in [0.4, 0.5) is 13.2 Å². The fraction of sp³-hybridized carbons (Fsp3) is 0.412. The molecule has 2 rings (SSSR count). The number of rotatable bonds is 5. The second-order valence-corrected chi connectivity index (χ2v) is 5.76. The number of allylic oxidation sites excluding steroid dienone is 2. The summed E-state index contributed by atoms with van der Waals surface area (Å²) in [6, 6.07) is 4.40. The number of amides is 1. The summed E-state index contributed by atoms with van der Waals surface area (Å²) in [7, 11) is 0. The third kappa shape index (κ3) is 4.84. The van der Waals surface area contributed by atoms with E-state index in [1.165, 1.54) is 17.0 Å². The van der Waals surface area contributed by atoms with Crippen molar-refractivity contribution >= 4 is 11.9 Å². The number of aliphatic carboxylic acids is 1. The van der Waals surface area contributed by atoms with Crippen LogP contribution in [-0.2, 0) is 22.3 Å². The Hall–Kier alpha value is -2.31. The van der Waals surface area contributed by atoms with Crippen LogP contribution < -0.4 is 0 Å². The summed E-state index contributed by atoms with van der Waals surface area (Å²) in [6.45, 7) is -0.496. The van der Waals surface area contributed by atoms with Gasteiger partial charge in [0, 0.05) is 12.5 Å². The van der Waals surface area contributed by atoms with Crippen molar-refractivity contribution in [3.63, 3.8) is 0 Å². The molecule has 1 atom stereocenters. The first-order valence-corrected chi connectivity index (χ1v) is 7.59. The van der Waals surface area contributed by atoms with Gasteiger partial charge >= 0.3 is 12.1 Å². The van der Waals surface area contributed by atoms with Crippen LogP contribution in [0, 0.1) is 5.92 Å². The Morgan fingerprint density at radius 1 is 1.17 bits per heavy atom. The first-order chi connectivity index (χ1) is 11.3. The molecule has 1 amide bonds. The standard InChI is InChI=1S/C17H18F3NO3/c18-17(19,20)14-8-6-12(7-9-14)10-21(11-15(22)23)16(24)13-4-2-1-3-5-13/h1-2,6-9,13H,3-5,10-11H2,(H,22,23). The van der Waals surface area contributed by atoms with Crippen LogP contribution in [0.25, 0.3) is 0 Å². The lowest BCUT2D eigenvalue weighted by Gasteiger charge is -2.27. The highest BCUT2D eigenvalue weighted by Gasteiger charge is 2.30. The zero-order valence-corrected chi connectivity index (χ0v) is 12.9. The monoisotopic (exact) mass is 341 g/mol. The molecule has 0 aliphatic heterocycles.